The van der Waals surface area contributed by atoms with Crippen LogP contribution in [0.15, 0.2) is 0 Å². The van der Waals surface area contributed by atoms with Gasteiger partial charge >= 0.3 is 0 Å². The Labute approximate surface area is 117 Å². The van der Waals surface area contributed by atoms with E-state index < -0.39 is 0 Å². The second-order valence-corrected chi connectivity index (χ2v) is 6.63. The maximum absolute atomic E-state index is 6.11. The van der Waals surface area contributed by atoms with E-state index in [4.69, 9.17) is 15.2 Å². The van der Waals surface area contributed by atoms with Crippen LogP contribution in [0.4, 0.5) is 0 Å². The van der Waals surface area contributed by atoms with Crippen molar-refractivity contribution in [3.63, 3.8) is 0 Å². The van der Waals surface area contributed by atoms with E-state index in [1.165, 1.54) is 25.7 Å². The highest BCUT2D eigenvalue weighted by Gasteiger charge is 2.39. The highest BCUT2D eigenvalue weighted by atomic mass is 16.5. The van der Waals surface area contributed by atoms with Gasteiger partial charge in [0, 0.05) is 33.9 Å². The van der Waals surface area contributed by atoms with Gasteiger partial charge < -0.3 is 15.2 Å². The first-order valence-electron chi connectivity index (χ1n) is 7.60. The fourth-order valence-electron chi connectivity index (χ4n) is 3.68. The van der Waals surface area contributed by atoms with E-state index in [2.05, 4.69) is 11.8 Å². The van der Waals surface area contributed by atoms with E-state index in [1.54, 1.807) is 14.2 Å². The van der Waals surface area contributed by atoms with Crippen LogP contribution in [-0.4, -0.2) is 57.5 Å². The van der Waals surface area contributed by atoms with Gasteiger partial charge in [-0.15, -0.1) is 0 Å². The third-order valence-corrected chi connectivity index (χ3v) is 5.22. The number of ether oxygens (including phenoxy) is 2. The van der Waals surface area contributed by atoms with Crippen molar-refractivity contribution in [2.24, 2.45) is 17.1 Å². The van der Waals surface area contributed by atoms with Crippen molar-refractivity contribution in [1.82, 2.24) is 4.90 Å². The van der Waals surface area contributed by atoms with Crippen LogP contribution >= 0.6 is 0 Å². The van der Waals surface area contributed by atoms with Crippen LogP contribution < -0.4 is 5.73 Å². The molecule has 0 aromatic heterocycles. The van der Waals surface area contributed by atoms with Gasteiger partial charge in [0.15, 0.2) is 0 Å². The molecule has 0 radical (unpaired) electrons. The molecule has 2 aliphatic rings. The Bertz CT molecular complexity index is 265. The molecule has 1 heterocycles. The van der Waals surface area contributed by atoms with Crippen molar-refractivity contribution in [2.45, 2.75) is 44.8 Å². The summed E-state index contributed by atoms with van der Waals surface area (Å²) in [4.78, 5) is 2.49. The summed E-state index contributed by atoms with van der Waals surface area (Å²) in [5, 5.41) is 0. The third kappa shape index (κ3) is 3.48. The molecule has 0 aromatic carbocycles. The predicted octanol–water partition coefficient (Wildman–Crippen LogP) is 1.49. The summed E-state index contributed by atoms with van der Waals surface area (Å²) >= 11 is 0. The molecule has 1 aliphatic carbocycles. The van der Waals surface area contributed by atoms with Crippen LogP contribution in [0.3, 0.4) is 0 Å². The Balaban J connectivity index is 1.92. The van der Waals surface area contributed by atoms with Gasteiger partial charge in [-0.2, -0.15) is 0 Å². The lowest BCUT2D eigenvalue weighted by molar-refractivity contribution is -0.00461. The van der Waals surface area contributed by atoms with Gasteiger partial charge in [-0.3, -0.25) is 4.90 Å². The largest absolute Gasteiger partial charge is 0.377 e. The molecule has 2 N–H and O–H groups in total. The minimum atomic E-state index is 0.210. The molecule has 0 spiro atoms. The molecule has 4 heteroatoms. The Morgan fingerprint density at radius 2 is 1.63 bits per heavy atom. The summed E-state index contributed by atoms with van der Waals surface area (Å²) in [7, 11) is 3.56. The van der Waals surface area contributed by atoms with E-state index in [1.807, 2.05) is 0 Å². The van der Waals surface area contributed by atoms with Crippen molar-refractivity contribution in [3.8, 4) is 0 Å². The molecule has 2 atom stereocenters. The first-order valence-corrected chi connectivity index (χ1v) is 7.60. The normalized spacial score (nSPS) is 40.7. The van der Waals surface area contributed by atoms with Gasteiger partial charge in [0.2, 0.25) is 0 Å². The smallest absolute Gasteiger partial charge is 0.0971 e. The predicted molar refractivity (Wildman–Crippen MR) is 77.2 cm³/mol. The van der Waals surface area contributed by atoms with Crippen molar-refractivity contribution >= 4 is 0 Å². The molecule has 4 nitrogen and oxygen atoms in total. The molecule has 112 valence electrons. The van der Waals surface area contributed by atoms with Crippen LogP contribution in [0, 0.1) is 11.3 Å². The highest BCUT2D eigenvalue weighted by molar-refractivity contribution is 4.93. The second-order valence-electron chi connectivity index (χ2n) is 6.63. The highest BCUT2D eigenvalue weighted by Crippen LogP contribution is 2.39. The fraction of sp³-hybridized carbons (Fsp3) is 1.00. The number of rotatable bonds is 5. The number of likely N-dealkylation sites (tertiary alicyclic amines) is 1. The monoisotopic (exact) mass is 270 g/mol. The average molecular weight is 270 g/mol. The van der Waals surface area contributed by atoms with Crippen molar-refractivity contribution in [3.05, 3.63) is 0 Å². The molecule has 1 saturated carbocycles. The zero-order valence-electron chi connectivity index (χ0n) is 12.7. The van der Waals surface area contributed by atoms with Crippen molar-refractivity contribution < 1.29 is 9.47 Å². The minimum absolute atomic E-state index is 0.210. The van der Waals surface area contributed by atoms with E-state index in [0.717, 1.165) is 32.1 Å². The van der Waals surface area contributed by atoms with Gasteiger partial charge in [0.05, 0.1) is 12.2 Å². The molecule has 2 unspecified atom stereocenters. The quantitative estimate of drug-likeness (QED) is 0.822. The summed E-state index contributed by atoms with van der Waals surface area (Å²) in [6.07, 6.45) is 5.62. The maximum atomic E-state index is 6.11. The molecule has 1 saturated heterocycles. The van der Waals surface area contributed by atoms with Gasteiger partial charge in [-0.05, 0) is 30.7 Å². The van der Waals surface area contributed by atoms with E-state index in [-0.39, 0.29) is 12.2 Å². The van der Waals surface area contributed by atoms with Gasteiger partial charge in [0.1, 0.15) is 0 Å². The van der Waals surface area contributed by atoms with Crippen molar-refractivity contribution in [1.29, 1.82) is 0 Å². The molecular weight excluding hydrogens is 240 g/mol. The third-order valence-electron chi connectivity index (χ3n) is 5.22. The number of methoxy groups -OCH3 is 2. The molecule has 2 rings (SSSR count). The number of nitrogens with two attached hydrogens (primary N) is 1. The van der Waals surface area contributed by atoms with Crippen molar-refractivity contribution in [2.75, 3.05) is 40.4 Å². The van der Waals surface area contributed by atoms with Crippen LogP contribution in [0.25, 0.3) is 0 Å². The van der Waals surface area contributed by atoms with Crippen LogP contribution in [0.1, 0.15) is 32.6 Å². The molecule has 2 fully saturated rings. The van der Waals surface area contributed by atoms with Gasteiger partial charge in [-0.25, -0.2) is 0 Å². The minimum Gasteiger partial charge on any atom is -0.377 e. The lowest BCUT2D eigenvalue weighted by atomic mass is 9.70. The standard InChI is InChI=1S/C15H30N2O2/c1-12-4-6-15(10-16,7-5-12)11-17-8-13(18-2)14(9-17)19-3/h12-14H,4-11,16H2,1-3H3. The lowest BCUT2D eigenvalue weighted by Gasteiger charge is -2.41. The zero-order chi connectivity index (χ0) is 13.9. The van der Waals surface area contributed by atoms with E-state index in [9.17, 15) is 0 Å². The molecular formula is C15H30N2O2. The summed E-state index contributed by atoms with van der Waals surface area (Å²) in [5.74, 6) is 0.872. The SMILES string of the molecule is COC1CN(CC2(CN)CCC(C)CC2)CC1OC. The maximum Gasteiger partial charge on any atom is 0.0971 e. The summed E-state index contributed by atoms with van der Waals surface area (Å²) < 4.78 is 11.0. The Kier molecular flexibility index (Phi) is 5.23. The first-order chi connectivity index (χ1) is 9.12. The number of hydrogen-bond acceptors (Lipinski definition) is 4. The summed E-state index contributed by atoms with van der Waals surface area (Å²) in [6, 6.07) is 0. The molecule has 0 bridgehead atoms. The second kappa shape index (κ2) is 6.53. The van der Waals surface area contributed by atoms with Crippen LogP contribution in [0.5, 0.6) is 0 Å². The summed E-state index contributed by atoms with van der Waals surface area (Å²) in [5.41, 5.74) is 6.43. The molecule has 1 aliphatic heterocycles. The van der Waals surface area contributed by atoms with Gasteiger partial charge in [0.25, 0.3) is 0 Å². The molecule has 0 amide bonds. The zero-order valence-corrected chi connectivity index (χ0v) is 12.7. The summed E-state index contributed by atoms with van der Waals surface area (Å²) in [6.45, 7) is 6.23. The van der Waals surface area contributed by atoms with E-state index >= 15 is 0 Å². The Morgan fingerprint density at radius 3 is 2.05 bits per heavy atom. The number of hydrogen-bond donors (Lipinski definition) is 1. The van der Waals surface area contributed by atoms with E-state index in [0.29, 0.717) is 5.41 Å². The first kappa shape index (κ1) is 15.2. The Hall–Kier alpha value is -0.160. The lowest BCUT2D eigenvalue weighted by Crippen LogP contribution is -2.44. The Morgan fingerprint density at radius 1 is 1.11 bits per heavy atom. The average Bonchev–Trinajstić information content (AvgIpc) is 2.83. The number of nitrogens with zero attached hydrogens (tertiary/aromatic N) is 1. The fourth-order valence-corrected chi connectivity index (χ4v) is 3.68. The topological polar surface area (TPSA) is 47.7 Å². The van der Waals surface area contributed by atoms with Gasteiger partial charge in [-0.1, -0.05) is 19.8 Å². The molecule has 0 aromatic rings. The molecule has 19 heavy (non-hydrogen) atoms. The van der Waals surface area contributed by atoms with Crippen LogP contribution in [-0.2, 0) is 9.47 Å². The van der Waals surface area contributed by atoms with Crippen LogP contribution in [0.2, 0.25) is 0 Å².